The van der Waals surface area contributed by atoms with Gasteiger partial charge < -0.3 is 19.9 Å². The number of para-hydroxylation sites is 1. The fraction of sp³-hybridized carbons (Fsp3) is 0.333. The molecule has 0 radical (unpaired) electrons. The van der Waals surface area contributed by atoms with Crippen LogP contribution in [0.4, 0.5) is 14.9 Å². The Morgan fingerprint density at radius 3 is 2.43 bits per heavy atom. The normalized spacial score (nSPS) is 13.9. The predicted molar refractivity (Wildman–Crippen MR) is 105 cm³/mol. The fourth-order valence-electron chi connectivity index (χ4n) is 3.21. The van der Waals surface area contributed by atoms with Crippen LogP contribution in [0.3, 0.4) is 0 Å². The second kappa shape index (κ2) is 9.21. The second-order valence-corrected chi connectivity index (χ2v) is 6.46. The Kier molecular flexibility index (Phi) is 6.47. The van der Waals surface area contributed by atoms with Crippen molar-refractivity contribution < 1.29 is 18.7 Å². The van der Waals surface area contributed by atoms with E-state index >= 15 is 0 Å². The molecular weight excluding hydrogens is 361 g/mol. The summed E-state index contributed by atoms with van der Waals surface area (Å²) in [7, 11) is 0. The molecule has 3 rings (SSSR count). The maximum Gasteiger partial charge on any atom is 0.340 e. The number of piperazine rings is 1. The van der Waals surface area contributed by atoms with E-state index in [1.165, 1.54) is 6.07 Å². The Bertz CT molecular complexity index is 835. The molecule has 0 saturated carbocycles. The summed E-state index contributed by atoms with van der Waals surface area (Å²) in [6.07, 6.45) is 0. The van der Waals surface area contributed by atoms with Gasteiger partial charge in [-0.05, 0) is 25.1 Å². The second-order valence-electron chi connectivity index (χ2n) is 6.46. The summed E-state index contributed by atoms with van der Waals surface area (Å²) in [5, 5.41) is 2.76. The zero-order chi connectivity index (χ0) is 19.9. The molecule has 0 unspecified atom stereocenters. The first-order chi connectivity index (χ1) is 13.6. The Morgan fingerprint density at radius 2 is 1.71 bits per heavy atom. The number of esters is 1. The number of hydrogen-bond donors (Lipinski definition) is 1. The number of ether oxygens (including phenoxy) is 1. The first-order valence-electron chi connectivity index (χ1n) is 9.37. The number of carbonyl (C=O) groups excluding carboxylic acids is 2. The van der Waals surface area contributed by atoms with E-state index < -0.39 is 0 Å². The number of hydrogen-bond acceptors (Lipinski definition) is 4. The molecule has 2 amide bonds. The van der Waals surface area contributed by atoms with E-state index in [9.17, 15) is 14.0 Å². The van der Waals surface area contributed by atoms with Gasteiger partial charge in [0.05, 0.1) is 17.9 Å². The van der Waals surface area contributed by atoms with Crippen molar-refractivity contribution in [1.29, 1.82) is 0 Å². The van der Waals surface area contributed by atoms with Crippen molar-refractivity contribution in [2.75, 3.05) is 37.7 Å². The molecule has 1 aliphatic rings. The highest BCUT2D eigenvalue weighted by Crippen LogP contribution is 2.23. The molecule has 0 atom stereocenters. The van der Waals surface area contributed by atoms with Crippen LogP contribution in [-0.4, -0.2) is 49.7 Å². The summed E-state index contributed by atoms with van der Waals surface area (Å²) in [5.74, 6) is -0.675. The lowest BCUT2D eigenvalue weighted by Crippen LogP contribution is -2.52. The van der Waals surface area contributed by atoms with Crippen molar-refractivity contribution in [2.45, 2.75) is 13.5 Å². The number of anilines is 1. The summed E-state index contributed by atoms with van der Waals surface area (Å²) in [6, 6.07) is 13.5. The minimum atomic E-state index is -0.344. The van der Waals surface area contributed by atoms with E-state index in [0.717, 1.165) is 5.69 Å². The molecule has 1 heterocycles. The lowest BCUT2D eigenvalue weighted by molar-refractivity contribution is 0.0527. The predicted octanol–water partition coefficient (Wildman–Crippen LogP) is 3.03. The van der Waals surface area contributed by atoms with Gasteiger partial charge in [-0.3, -0.25) is 0 Å². The third-order valence-corrected chi connectivity index (χ3v) is 4.69. The van der Waals surface area contributed by atoms with Gasteiger partial charge in [-0.25, -0.2) is 14.0 Å². The quantitative estimate of drug-likeness (QED) is 0.804. The van der Waals surface area contributed by atoms with Crippen LogP contribution in [0.1, 0.15) is 22.8 Å². The fourth-order valence-corrected chi connectivity index (χ4v) is 3.21. The van der Waals surface area contributed by atoms with Crippen molar-refractivity contribution >= 4 is 17.7 Å². The zero-order valence-electron chi connectivity index (χ0n) is 15.9. The largest absolute Gasteiger partial charge is 0.462 e. The average molecular weight is 385 g/mol. The topological polar surface area (TPSA) is 61.9 Å². The van der Waals surface area contributed by atoms with Gasteiger partial charge in [-0.2, -0.15) is 0 Å². The van der Waals surface area contributed by atoms with Crippen LogP contribution in [0.25, 0.3) is 0 Å². The van der Waals surface area contributed by atoms with E-state index in [0.29, 0.717) is 43.9 Å². The van der Waals surface area contributed by atoms with E-state index in [-0.39, 0.29) is 24.4 Å². The molecule has 7 heteroatoms. The molecule has 0 bridgehead atoms. The Labute approximate surface area is 163 Å². The van der Waals surface area contributed by atoms with Crippen molar-refractivity contribution in [1.82, 2.24) is 10.2 Å². The summed E-state index contributed by atoms with van der Waals surface area (Å²) >= 11 is 0. The Hall–Kier alpha value is -3.09. The van der Waals surface area contributed by atoms with E-state index in [2.05, 4.69) is 10.2 Å². The first kappa shape index (κ1) is 19.7. The smallest absolute Gasteiger partial charge is 0.340 e. The molecule has 1 N–H and O–H groups in total. The van der Waals surface area contributed by atoms with Gasteiger partial charge in [0, 0.05) is 38.3 Å². The molecule has 28 heavy (non-hydrogen) atoms. The Morgan fingerprint density at radius 1 is 1.04 bits per heavy atom. The third kappa shape index (κ3) is 4.60. The van der Waals surface area contributed by atoms with Crippen LogP contribution in [0.15, 0.2) is 48.5 Å². The monoisotopic (exact) mass is 385 g/mol. The van der Waals surface area contributed by atoms with Gasteiger partial charge >= 0.3 is 12.0 Å². The molecule has 6 nitrogen and oxygen atoms in total. The van der Waals surface area contributed by atoms with Gasteiger partial charge in [-0.15, -0.1) is 0 Å². The van der Waals surface area contributed by atoms with E-state index in [1.54, 1.807) is 36.1 Å². The highest BCUT2D eigenvalue weighted by atomic mass is 19.1. The standard InChI is InChI=1S/C21H24FN3O3/c1-2-28-20(26)17-8-4-6-10-19(17)24-11-13-25(14-12-24)21(27)23-15-16-7-3-5-9-18(16)22/h3-10H,2,11-15H2,1H3,(H,23,27). The van der Waals surface area contributed by atoms with Crippen LogP contribution in [-0.2, 0) is 11.3 Å². The minimum absolute atomic E-state index is 0.150. The van der Waals surface area contributed by atoms with Gasteiger partial charge in [0.25, 0.3) is 0 Å². The number of benzene rings is 2. The van der Waals surface area contributed by atoms with Gasteiger partial charge in [-0.1, -0.05) is 30.3 Å². The lowest BCUT2D eigenvalue weighted by atomic mass is 10.1. The number of rotatable bonds is 5. The minimum Gasteiger partial charge on any atom is -0.462 e. The highest BCUT2D eigenvalue weighted by molar-refractivity contribution is 5.96. The third-order valence-electron chi connectivity index (χ3n) is 4.69. The SMILES string of the molecule is CCOC(=O)c1ccccc1N1CCN(C(=O)NCc2ccccc2F)CC1. The molecule has 2 aromatic carbocycles. The molecule has 148 valence electrons. The average Bonchev–Trinajstić information content (AvgIpc) is 2.73. The van der Waals surface area contributed by atoms with Crippen LogP contribution < -0.4 is 10.2 Å². The molecule has 0 aliphatic carbocycles. The van der Waals surface area contributed by atoms with Crippen LogP contribution in [0.2, 0.25) is 0 Å². The summed E-state index contributed by atoms with van der Waals surface area (Å²) in [5.41, 5.74) is 1.80. The van der Waals surface area contributed by atoms with E-state index in [1.807, 2.05) is 18.2 Å². The van der Waals surface area contributed by atoms with Crippen molar-refractivity contribution in [3.05, 3.63) is 65.5 Å². The number of nitrogens with one attached hydrogen (secondary N) is 1. The molecule has 2 aromatic rings. The summed E-state index contributed by atoms with van der Waals surface area (Å²) in [4.78, 5) is 28.3. The van der Waals surface area contributed by atoms with Crippen LogP contribution in [0, 0.1) is 5.82 Å². The van der Waals surface area contributed by atoms with Gasteiger partial charge in [0.2, 0.25) is 0 Å². The highest BCUT2D eigenvalue weighted by Gasteiger charge is 2.24. The number of nitrogens with zero attached hydrogens (tertiary/aromatic N) is 2. The molecule has 1 fully saturated rings. The van der Waals surface area contributed by atoms with Gasteiger partial charge in [0.1, 0.15) is 5.82 Å². The number of amides is 2. The van der Waals surface area contributed by atoms with Crippen molar-refractivity contribution in [2.24, 2.45) is 0 Å². The molecule has 0 spiro atoms. The number of urea groups is 1. The molecule has 0 aromatic heterocycles. The molecule has 1 saturated heterocycles. The summed E-state index contributed by atoms with van der Waals surface area (Å²) < 4.78 is 18.8. The van der Waals surface area contributed by atoms with E-state index in [4.69, 9.17) is 4.74 Å². The molecular formula is C21H24FN3O3. The molecule has 1 aliphatic heterocycles. The Balaban J connectivity index is 1.57. The number of halogens is 1. The maximum atomic E-state index is 13.7. The lowest BCUT2D eigenvalue weighted by Gasteiger charge is -2.36. The zero-order valence-corrected chi connectivity index (χ0v) is 15.9. The summed E-state index contributed by atoms with van der Waals surface area (Å²) in [6.45, 7) is 4.48. The van der Waals surface area contributed by atoms with Gasteiger partial charge in [0.15, 0.2) is 0 Å². The van der Waals surface area contributed by atoms with Crippen LogP contribution >= 0.6 is 0 Å². The van der Waals surface area contributed by atoms with Crippen molar-refractivity contribution in [3.63, 3.8) is 0 Å². The maximum absolute atomic E-state index is 13.7. The number of carbonyl (C=O) groups is 2. The first-order valence-corrected chi connectivity index (χ1v) is 9.37. The van der Waals surface area contributed by atoms with Crippen molar-refractivity contribution in [3.8, 4) is 0 Å². The van der Waals surface area contributed by atoms with Crippen LogP contribution in [0.5, 0.6) is 0 Å².